The lowest BCUT2D eigenvalue weighted by molar-refractivity contribution is -0.146. The van der Waals surface area contributed by atoms with Gasteiger partial charge < -0.3 is 21.2 Å². The van der Waals surface area contributed by atoms with Crippen molar-refractivity contribution in [1.82, 2.24) is 15.5 Å². The third-order valence-electron chi connectivity index (χ3n) is 2.94. The van der Waals surface area contributed by atoms with Gasteiger partial charge >= 0.3 is 0 Å². The topological polar surface area (TPSA) is 139 Å². The first-order chi connectivity index (χ1) is 9.97. The van der Waals surface area contributed by atoms with Crippen LogP contribution in [-0.4, -0.2) is 60.5 Å². The van der Waals surface area contributed by atoms with E-state index in [0.29, 0.717) is 6.29 Å². The molecule has 0 radical (unpaired) electrons. The second-order valence-corrected chi connectivity index (χ2v) is 4.51. The van der Waals surface area contributed by atoms with Crippen LogP contribution in [0, 0.1) is 0 Å². The van der Waals surface area contributed by atoms with Crippen LogP contribution in [0.3, 0.4) is 0 Å². The molecule has 4 amide bonds. The van der Waals surface area contributed by atoms with Gasteiger partial charge in [0.1, 0.15) is 12.3 Å². The van der Waals surface area contributed by atoms with Crippen molar-refractivity contribution in [3.8, 4) is 0 Å². The average Bonchev–Trinajstić information content (AvgIpc) is 2.74. The van der Waals surface area contributed by atoms with Crippen LogP contribution in [-0.2, 0) is 24.0 Å². The third kappa shape index (κ3) is 4.95. The average molecular weight is 298 g/mol. The maximum Gasteiger partial charge on any atom is 0.244 e. The number of likely N-dealkylation sites (tertiary alicyclic amines) is 1. The molecule has 116 valence electrons. The summed E-state index contributed by atoms with van der Waals surface area (Å²) < 4.78 is 0. The molecule has 9 nitrogen and oxygen atoms in total. The molecule has 1 heterocycles. The molecule has 1 aliphatic heterocycles. The minimum absolute atomic E-state index is 0.00128. The lowest BCUT2D eigenvalue weighted by Crippen LogP contribution is -2.54. The highest BCUT2D eigenvalue weighted by Gasteiger charge is 2.38. The van der Waals surface area contributed by atoms with Crippen molar-refractivity contribution in [3.05, 3.63) is 0 Å². The number of carbonyl (C=O) groups is 5. The molecule has 21 heavy (non-hydrogen) atoms. The van der Waals surface area contributed by atoms with E-state index in [1.165, 1.54) is 0 Å². The van der Waals surface area contributed by atoms with Crippen LogP contribution in [0.4, 0.5) is 0 Å². The van der Waals surface area contributed by atoms with E-state index in [0.717, 1.165) is 4.90 Å². The summed E-state index contributed by atoms with van der Waals surface area (Å²) in [4.78, 5) is 57.3. The largest absolute Gasteiger partial charge is 0.370 e. The highest BCUT2D eigenvalue weighted by molar-refractivity contribution is 6.05. The molecule has 0 bridgehead atoms. The van der Waals surface area contributed by atoms with Crippen LogP contribution in [0.5, 0.6) is 0 Å². The van der Waals surface area contributed by atoms with E-state index in [4.69, 9.17) is 5.73 Å². The highest BCUT2D eigenvalue weighted by Crippen LogP contribution is 2.15. The van der Waals surface area contributed by atoms with E-state index >= 15 is 0 Å². The Bertz CT molecular complexity index is 435. The molecular formula is C12H18N4O5. The van der Waals surface area contributed by atoms with E-state index in [1.807, 2.05) is 0 Å². The van der Waals surface area contributed by atoms with Crippen LogP contribution in [0.1, 0.15) is 19.3 Å². The molecule has 1 rings (SSSR count). The molecular weight excluding hydrogens is 280 g/mol. The number of amides is 4. The van der Waals surface area contributed by atoms with Gasteiger partial charge in [-0.05, 0) is 0 Å². The van der Waals surface area contributed by atoms with Crippen LogP contribution >= 0.6 is 0 Å². The molecule has 4 N–H and O–H groups in total. The second kappa shape index (κ2) is 8.10. The number of rotatable bonds is 9. The Morgan fingerprint density at radius 2 is 1.90 bits per heavy atom. The van der Waals surface area contributed by atoms with E-state index in [-0.39, 0.29) is 38.9 Å². The molecule has 0 aromatic heterocycles. The summed E-state index contributed by atoms with van der Waals surface area (Å²) in [5.74, 6) is -2.00. The Balaban J connectivity index is 2.68. The predicted molar refractivity (Wildman–Crippen MR) is 70.6 cm³/mol. The van der Waals surface area contributed by atoms with Gasteiger partial charge in [-0.15, -0.1) is 0 Å². The van der Waals surface area contributed by atoms with Gasteiger partial charge in [-0.25, -0.2) is 0 Å². The lowest BCUT2D eigenvalue weighted by atomic mass is 10.2. The standard InChI is InChI=1S/C12H18N4O5/c13-9(18)3-4-15-12(21)8(7-14-5-6-17)16-10(19)1-2-11(16)20/h6,8,14H,1-5,7H2,(H2,13,18)(H,15,21). The number of nitrogens with zero attached hydrogens (tertiary/aromatic N) is 1. The first-order valence-electron chi connectivity index (χ1n) is 6.52. The SMILES string of the molecule is NC(=O)CCNC(=O)C(CNCC=O)N1C(=O)CCC1=O. The molecule has 0 spiro atoms. The lowest BCUT2D eigenvalue weighted by Gasteiger charge is -2.25. The van der Waals surface area contributed by atoms with Crippen LogP contribution in [0.25, 0.3) is 0 Å². The van der Waals surface area contributed by atoms with Gasteiger partial charge in [-0.2, -0.15) is 0 Å². The van der Waals surface area contributed by atoms with E-state index < -0.39 is 29.7 Å². The fourth-order valence-corrected chi connectivity index (χ4v) is 1.95. The Labute approximate surface area is 121 Å². The van der Waals surface area contributed by atoms with Gasteiger partial charge in [0, 0.05) is 32.4 Å². The molecule has 1 atom stereocenters. The van der Waals surface area contributed by atoms with Gasteiger partial charge in [0.05, 0.1) is 6.54 Å². The van der Waals surface area contributed by atoms with E-state index in [9.17, 15) is 24.0 Å². The summed E-state index contributed by atoms with van der Waals surface area (Å²) >= 11 is 0. The Kier molecular flexibility index (Phi) is 6.47. The third-order valence-corrected chi connectivity index (χ3v) is 2.94. The van der Waals surface area contributed by atoms with Crippen molar-refractivity contribution in [2.45, 2.75) is 25.3 Å². The number of nitrogens with one attached hydrogen (secondary N) is 2. The maximum atomic E-state index is 12.1. The first-order valence-corrected chi connectivity index (χ1v) is 6.52. The molecule has 1 unspecified atom stereocenters. The van der Waals surface area contributed by atoms with Crippen LogP contribution in [0.2, 0.25) is 0 Å². The Morgan fingerprint density at radius 1 is 1.29 bits per heavy atom. The first kappa shape index (κ1) is 16.8. The zero-order valence-corrected chi connectivity index (χ0v) is 11.5. The van der Waals surface area contributed by atoms with E-state index in [2.05, 4.69) is 10.6 Å². The highest BCUT2D eigenvalue weighted by atomic mass is 16.2. The van der Waals surface area contributed by atoms with Crippen LogP contribution in [0.15, 0.2) is 0 Å². The Morgan fingerprint density at radius 3 is 2.43 bits per heavy atom. The number of imide groups is 1. The summed E-state index contributed by atoms with van der Waals surface area (Å²) in [6.45, 7) is -0.00548. The van der Waals surface area contributed by atoms with Crippen molar-refractivity contribution in [1.29, 1.82) is 0 Å². The molecule has 9 heteroatoms. The molecule has 1 saturated heterocycles. The van der Waals surface area contributed by atoms with Gasteiger partial charge in [0.15, 0.2) is 0 Å². The Hall–Kier alpha value is -2.29. The van der Waals surface area contributed by atoms with Crippen molar-refractivity contribution >= 4 is 29.9 Å². The minimum atomic E-state index is -1.04. The van der Waals surface area contributed by atoms with Gasteiger partial charge in [0.2, 0.25) is 23.6 Å². The van der Waals surface area contributed by atoms with Crippen molar-refractivity contribution in [2.24, 2.45) is 5.73 Å². The zero-order valence-electron chi connectivity index (χ0n) is 11.5. The normalized spacial score (nSPS) is 15.9. The summed E-state index contributed by atoms with van der Waals surface area (Å²) in [6.07, 6.45) is 0.701. The number of aldehydes is 1. The number of nitrogens with two attached hydrogens (primary N) is 1. The summed E-state index contributed by atoms with van der Waals surface area (Å²) in [5.41, 5.74) is 4.96. The minimum Gasteiger partial charge on any atom is -0.370 e. The van der Waals surface area contributed by atoms with Gasteiger partial charge in [-0.1, -0.05) is 0 Å². The van der Waals surface area contributed by atoms with Crippen molar-refractivity contribution in [3.63, 3.8) is 0 Å². The second-order valence-electron chi connectivity index (χ2n) is 4.51. The maximum absolute atomic E-state index is 12.1. The number of hydrogen-bond donors (Lipinski definition) is 3. The number of primary amides is 1. The van der Waals surface area contributed by atoms with E-state index in [1.54, 1.807) is 0 Å². The zero-order chi connectivity index (χ0) is 15.8. The van der Waals surface area contributed by atoms with Gasteiger partial charge in [-0.3, -0.25) is 24.1 Å². The fourth-order valence-electron chi connectivity index (χ4n) is 1.95. The number of carbonyl (C=O) groups excluding carboxylic acids is 5. The summed E-state index contributed by atoms with van der Waals surface area (Å²) in [5, 5.41) is 5.11. The van der Waals surface area contributed by atoms with Crippen LogP contribution < -0.4 is 16.4 Å². The number of hydrogen-bond acceptors (Lipinski definition) is 6. The fraction of sp³-hybridized carbons (Fsp3) is 0.583. The predicted octanol–water partition coefficient (Wildman–Crippen LogP) is -2.72. The smallest absolute Gasteiger partial charge is 0.244 e. The van der Waals surface area contributed by atoms with Crippen molar-refractivity contribution in [2.75, 3.05) is 19.6 Å². The molecule has 1 aliphatic rings. The quantitative estimate of drug-likeness (QED) is 0.240. The summed E-state index contributed by atoms with van der Waals surface area (Å²) in [6, 6.07) is -1.04. The van der Waals surface area contributed by atoms with Crippen molar-refractivity contribution < 1.29 is 24.0 Å². The molecule has 1 fully saturated rings. The molecule has 0 aromatic carbocycles. The van der Waals surface area contributed by atoms with Gasteiger partial charge in [0.25, 0.3) is 0 Å². The molecule has 0 aliphatic carbocycles. The molecule has 0 aromatic rings. The summed E-state index contributed by atoms with van der Waals surface area (Å²) in [7, 11) is 0. The monoisotopic (exact) mass is 298 g/mol. The molecule has 0 saturated carbocycles.